The number of fused-ring (bicyclic) bond motifs is 2. The third-order valence-electron chi connectivity index (χ3n) is 9.03. The highest BCUT2D eigenvalue weighted by Gasteiger charge is 2.64. The van der Waals surface area contributed by atoms with Crippen LogP contribution in [0.2, 0.25) is 0 Å². The first kappa shape index (κ1) is 28.7. The zero-order valence-corrected chi connectivity index (χ0v) is 25.3. The number of ketones is 1. The Morgan fingerprint density at radius 2 is 1.74 bits per heavy atom. The average Bonchev–Trinajstić information content (AvgIpc) is 3.34. The van der Waals surface area contributed by atoms with Gasteiger partial charge < -0.3 is 10.2 Å². The lowest BCUT2D eigenvalue weighted by atomic mass is 10.0. The van der Waals surface area contributed by atoms with Crippen molar-refractivity contribution in [1.82, 2.24) is 30.0 Å². The zero-order chi connectivity index (χ0) is 30.3. The van der Waals surface area contributed by atoms with Gasteiger partial charge in [0.1, 0.15) is 24.1 Å². The van der Waals surface area contributed by atoms with E-state index in [2.05, 4.69) is 39.4 Å². The molecule has 0 unspecified atom stereocenters. The van der Waals surface area contributed by atoms with Crippen LogP contribution in [-0.4, -0.2) is 60.9 Å². The summed E-state index contributed by atoms with van der Waals surface area (Å²) in [6, 6.07) is 13.8. The predicted octanol–water partition coefficient (Wildman–Crippen LogP) is 4.83. The van der Waals surface area contributed by atoms with E-state index >= 15 is 0 Å². The molecule has 1 N–H and O–H groups in total. The summed E-state index contributed by atoms with van der Waals surface area (Å²) in [6.07, 6.45) is 7.94. The number of Topliss-reactive ketones (excluding diaryl/α,β-unsaturated/α-hetero) is 1. The van der Waals surface area contributed by atoms with Gasteiger partial charge in [-0.1, -0.05) is 37.3 Å². The van der Waals surface area contributed by atoms with Gasteiger partial charge in [0.15, 0.2) is 5.78 Å². The van der Waals surface area contributed by atoms with Gasteiger partial charge in [0, 0.05) is 42.9 Å². The first-order valence-electron chi connectivity index (χ1n) is 15.1. The van der Waals surface area contributed by atoms with E-state index in [-0.39, 0.29) is 35.6 Å². The second-order valence-electron chi connectivity index (χ2n) is 12.4. The van der Waals surface area contributed by atoms with Crippen molar-refractivity contribution in [3.63, 3.8) is 0 Å². The summed E-state index contributed by atoms with van der Waals surface area (Å²) in [5, 5.41) is 8.40. The van der Waals surface area contributed by atoms with E-state index in [1.165, 1.54) is 12.5 Å². The lowest BCUT2D eigenvalue weighted by Crippen LogP contribution is -2.49. The molecular formula is C34H38N6O3. The topological polar surface area (TPSA) is 110 Å². The third-order valence-corrected chi connectivity index (χ3v) is 9.03. The normalized spacial score (nSPS) is 20.7. The second kappa shape index (κ2) is 11.4. The van der Waals surface area contributed by atoms with Crippen molar-refractivity contribution in [2.45, 2.75) is 78.4 Å². The van der Waals surface area contributed by atoms with Gasteiger partial charge in [-0.3, -0.25) is 19.1 Å². The number of piperidine rings is 1. The van der Waals surface area contributed by atoms with E-state index in [9.17, 15) is 14.4 Å². The minimum absolute atomic E-state index is 0.0252. The third kappa shape index (κ3) is 5.68. The molecule has 2 aliphatic rings. The SMILES string of the molecule is CC(=O)c1nn(CC(=O)N2[C@H](C(=O)NCCCCc3ccccc3)C[C@@]3(C)C[C@@H]23)c2c(C)cc(-c3cnc(C)nc3)cc12. The highest BCUT2D eigenvalue weighted by Crippen LogP contribution is 2.59. The van der Waals surface area contributed by atoms with E-state index < -0.39 is 6.04 Å². The largest absolute Gasteiger partial charge is 0.354 e. The van der Waals surface area contributed by atoms with Crippen molar-refractivity contribution in [3.05, 3.63) is 77.5 Å². The first-order chi connectivity index (χ1) is 20.6. The Morgan fingerprint density at radius 3 is 2.47 bits per heavy atom. The van der Waals surface area contributed by atoms with Gasteiger partial charge in [0.25, 0.3) is 0 Å². The minimum atomic E-state index is -0.492. The quantitative estimate of drug-likeness (QED) is 0.213. The highest BCUT2D eigenvalue weighted by molar-refractivity contribution is 6.07. The Bertz CT molecular complexity index is 1700. The van der Waals surface area contributed by atoms with Crippen LogP contribution in [0.3, 0.4) is 0 Å². The summed E-state index contributed by atoms with van der Waals surface area (Å²) in [6.45, 7) is 7.98. The molecule has 3 atom stereocenters. The highest BCUT2D eigenvalue weighted by atomic mass is 16.2. The maximum Gasteiger partial charge on any atom is 0.245 e. The number of amides is 2. The van der Waals surface area contributed by atoms with Crippen molar-refractivity contribution in [3.8, 4) is 11.1 Å². The van der Waals surface area contributed by atoms with Crippen LogP contribution in [0.15, 0.2) is 54.9 Å². The maximum absolute atomic E-state index is 13.9. The lowest BCUT2D eigenvalue weighted by Gasteiger charge is -2.27. The predicted molar refractivity (Wildman–Crippen MR) is 164 cm³/mol. The van der Waals surface area contributed by atoms with Crippen LogP contribution >= 0.6 is 0 Å². The maximum atomic E-state index is 13.9. The number of hydrogen-bond donors (Lipinski definition) is 1. The average molecular weight is 579 g/mol. The molecule has 9 nitrogen and oxygen atoms in total. The molecule has 2 fully saturated rings. The monoisotopic (exact) mass is 578 g/mol. The van der Waals surface area contributed by atoms with Crippen molar-refractivity contribution in [2.75, 3.05) is 6.54 Å². The molecule has 1 aliphatic heterocycles. The molecule has 6 rings (SSSR count). The second-order valence-corrected chi connectivity index (χ2v) is 12.4. The molecule has 9 heteroatoms. The van der Waals surface area contributed by atoms with Crippen molar-refractivity contribution in [2.24, 2.45) is 5.41 Å². The van der Waals surface area contributed by atoms with Gasteiger partial charge in [0.05, 0.1) is 5.52 Å². The van der Waals surface area contributed by atoms with Crippen LogP contribution in [0, 0.1) is 19.3 Å². The number of aromatic nitrogens is 4. The molecule has 0 spiro atoms. The number of benzene rings is 2. The molecule has 1 saturated carbocycles. The molecule has 1 aliphatic carbocycles. The minimum Gasteiger partial charge on any atom is -0.354 e. The molecule has 2 amide bonds. The fraction of sp³-hybridized carbons (Fsp3) is 0.412. The number of carbonyl (C=O) groups excluding carboxylic acids is 3. The van der Waals surface area contributed by atoms with Crippen molar-refractivity contribution < 1.29 is 14.4 Å². The first-order valence-corrected chi connectivity index (χ1v) is 15.1. The van der Waals surface area contributed by atoms with Gasteiger partial charge in [-0.15, -0.1) is 0 Å². The van der Waals surface area contributed by atoms with E-state index in [0.29, 0.717) is 29.9 Å². The Labute approximate surface area is 251 Å². The molecular weight excluding hydrogens is 540 g/mol. The van der Waals surface area contributed by atoms with Crippen molar-refractivity contribution >= 4 is 28.5 Å². The van der Waals surface area contributed by atoms with E-state index in [1.807, 2.05) is 44.2 Å². The number of nitrogens with zero attached hydrogens (tertiary/aromatic N) is 5. The summed E-state index contributed by atoms with van der Waals surface area (Å²) in [5.41, 5.74) is 4.95. The summed E-state index contributed by atoms with van der Waals surface area (Å²) in [4.78, 5) is 50.2. The molecule has 0 bridgehead atoms. The van der Waals surface area contributed by atoms with Gasteiger partial charge in [-0.2, -0.15) is 5.10 Å². The van der Waals surface area contributed by atoms with E-state index in [4.69, 9.17) is 0 Å². The van der Waals surface area contributed by atoms with E-state index in [0.717, 1.165) is 47.9 Å². The summed E-state index contributed by atoms with van der Waals surface area (Å²) in [7, 11) is 0. The molecule has 222 valence electrons. The number of unbranched alkanes of at least 4 members (excludes halogenated alkanes) is 1. The fourth-order valence-electron chi connectivity index (χ4n) is 6.61. The van der Waals surface area contributed by atoms with Crippen LogP contribution in [0.25, 0.3) is 22.0 Å². The number of rotatable bonds is 10. The van der Waals surface area contributed by atoms with Crippen LogP contribution in [0.5, 0.6) is 0 Å². The summed E-state index contributed by atoms with van der Waals surface area (Å²) in [5.74, 6) is 0.275. The Balaban J connectivity index is 1.18. The Kier molecular flexibility index (Phi) is 7.58. The fourth-order valence-corrected chi connectivity index (χ4v) is 6.61. The Morgan fingerprint density at radius 1 is 1.00 bits per heavy atom. The number of hydrogen-bond acceptors (Lipinski definition) is 6. The molecule has 1 saturated heterocycles. The molecule has 43 heavy (non-hydrogen) atoms. The van der Waals surface area contributed by atoms with Crippen molar-refractivity contribution in [1.29, 1.82) is 0 Å². The number of likely N-dealkylation sites (tertiary alicyclic amines) is 1. The van der Waals surface area contributed by atoms with Crippen LogP contribution in [-0.2, 0) is 22.6 Å². The molecule has 4 aromatic rings. The zero-order valence-electron chi connectivity index (χ0n) is 25.3. The standard InChI is InChI=1S/C34H38N6O3/c1-21-14-25(26-18-36-23(3)37-19-26)15-27-31(22(2)41)38-39(32(21)27)20-30(42)40-28(16-34(4)17-29(34)40)33(43)35-13-9-8-12-24-10-6-5-7-11-24/h5-7,10-11,14-15,18-19,28-29H,8-9,12-13,16-17,20H2,1-4H3,(H,35,43)/t28-,29+,34-/m0/s1. The van der Waals surface area contributed by atoms with Crippen LogP contribution < -0.4 is 5.32 Å². The van der Waals surface area contributed by atoms with Crippen LogP contribution in [0.4, 0.5) is 0 Å². The summed E-state index contributed by atoms with van der Waals surface area (Å²) < 4.78 is 1.63. The lowest BCUT2D eigenvalue weighted by molar-refractivity contribution is -0.140. The molecule has 0 radical (unpaired) electrons. The van der Waals surface area contributed by atoms with Crippen LogP contribution in [0.1, 0.15) is 67.0 Å². The smallest absolute Gasteiger partial charge is 0.245 e. The Hall–Kier alpha value is -4.40. The molecule has 3 heterocycles. The van der Waals surface area contributed by atoms with Gasteiger partial charge >= 0.3 is 0 Å². The number of nitrogens with one attached hydrogen (secondary N) is 1. The molecule has 2 aromatic carbocycles. The number of carbonyl (C=O) groups is 3. The van der Waals surface area contributed by atoms with E-state index in [1.54, 1.807) is 22.0 Å². The molecule has 2 aromatic heterocycles. The van der Waals surface area contributed by atoms with Gasteiger partial charge in [0.2, 0.25) is 11.8 Å². The van der Waals surface area contributed by atoms with Gasteiger partial charge in [-0.25, -0.2) is 9.97 Å². The number of aryl methyl sites for hydroxylation is 3. The van der Waals surface area contributed by atoms with Gasteiger partial charge in [-0.05, 0) is 80.2 Å². The summed E-state index contributed by atoms with van der Waals surface area (Å²) >= 11 is 0.